The van der Waals surface area contributed by atoms with Crippen LogP contribution in [0.25, 0.3) is 6.08 Å². The first kappa shape index (κ1) is 18.0. The maximum Gasteiger partial charge on any atom is 0.286 e. The van der Waals surface area contributed by atoms with Crippen LogP contribution in [0.4, 0.5) is 0 Å². The van der Waals surface area contributed by atoms with Crippen LogP contribution in [0.3, 0.4) is 0 Å². The molecular formula is C19H17N3O5. The van der Waals surface area contributed by atoms with Crippen LogP contribution < -0.4 is 25.6 Å². The van der Waals surface area contributed by atoms with Crippen molar-refractivity contribution in [3.05, 3.63) is 65.4 Å². The Bertz CT molecular complexity index is 909. The molecule has 8 nitrogen and oxygen atoms in total. The zero-order valence-corrected chi connectivity index (χ0v) is 14.4. The first-order valence-corrected chi connectivity index (χ1v) is 8.07. The van der Waals surface area contributed by atoms with Gasteiger partial charge in [0, 0.05) is 12.5 Å². The Hall–Kier alpha value is -3.81. The number of amides is 3. The number of fused-ring (bicyclic) bond motifs is 1. The summed E-state index contributed by atoms with van der Waals surface area (Å²) >= 11 is 0. The van der Waals surface area contributed by atoms with Crippen molar-refractivity contribution in [1.82, 2.24) is 16.2 Å². The summed E-state index contributed by atoms with van der Waals surface area (Å²) in [6.07, 6.45) is 1.50. The van der Waals surface area contributed by atoms with Crippen LogP contribution in [0.15, 0.2) is 54.2 Å². The van der Waals surface area contributed by atoms with Crippen molar-refractivity contribution in [3.8, 4) is 11.5 Å². The fraction of sp³-hybridized carbons (Fsp3) is 0.105. The summed E-state index contributed by atoms with van der Waals surface area (Å²) in [6, 6.07) is 13.7. The number of hydrazine groups is 1. The largest absolute Gasteiger partial charge is 0.454 e. The number of hydrogen-bond donors (Lipinski definition) is 3. The van der Waals surface area contributed by atoms with Gasteiger partial charge in [0.05, 0.1) is 0 Å². The van der Waals surface area contributed by atoms with Crippen LogP contribution >= 0.6 is 0 Å². The quantitative estimate of drug-likeness (QED) is 0.559. The molecule has 1 heterocycles. The highest BCUT2D eigenvalue weighted by atomic mass is 16.7. The minimum atomic E-state index is -0.664. The Kier molecular flexibility index (Phi) is 5.36. The van der Waals surface area contributed by atoms with E-state index in [1.165, 1.54) is 19.1 Å². The average molecular weight is 367 g/mol. The monoisotopic (exact) mass is 367 g/mol. The molecule has 3 rings (SSSR count). The van der Waals surface area contributed by atoms with Gasteiger partial charge < -0.3 is 14.8 Å². The Labute approximate surface area is 155 Å². The van der Waals surface area contributed by atoms with E-state index >= 15 is 0 Å². The molecule has 0 aromatic heterocycles. The number of ether oxygens (including phenoxy) is 2. The van der Waals surface area contributed by atoms with Gasteiger partial charge in [0.15, 0.2) is 11.5 Å². The molecule has 1 aliphatic rings. The summed E-state index contributed by atoms with van der Waals surface area (Å²) in [5, 5.41) is 2.45. The predicted molar refractivity (Wildman–Crippen MR) is 96.4 cm³/mol. The maximum absolute atomic E-state index is 12.4. The van der Waals surface area contributed by atoms with E-state index < -0.39 is 17.7 Å². The van der Waals surface area contributed by atoms with Gasteiger partial charge in [-0.2, -0.15) is 0 Å². The Morgan fingerprint density at radius 3 is 2.44 bits per heavy atom. The van der Waals surface area contributed by atoms with E-state index in [0.29, 0.717) is 11.5 Å². The minimum Gasteiger partial charge on any atom is -0.454 e. The highest BCUT2D eigenvalue weighted by molar-refractivity contribution is 6.03. The molecule has 1 aliphatic heterocycles. The van der Waals surface area contributed by atoms with Gasteiger partial charge in [-0.15, -0.1) is 0 Å². The van der Waals surface area contributed by atoms with Gasteiger partial charge in [0.25, 0.3) is 11.8 Å². The zero-order chi connectivity index (χ0) is 19.2. The van der Waals surface area contributed by atoms with Gasteiger partial charge in [-0.1, -0.05) is 30.3 Å². The zero-order valence-electron chi connectivity index (χ0n) is 14.4. The summed E-state index contributed by atoms with van der Waals surface area (Å²) in [5.74, 6) is -0.604. The number of rotatable bonds is 4. The second-order valence-corrected chi connectivity index (χ2v) is 5.63. The van der Waals surface area contributed by atoms with Crippen molar-refractivity contribution in [1.29, 1.82) is 0 Å². The van der Waals surface area contributed by atoms with E-state index in [9.17, 15) is 14.4 Å². The third-order valence-electron chi connectivity index (χ3n) is 3.59. The van der Waals surface area contributed by atoms with Crippen LogP contribution in [0, 0.1) is 0 Å². The molecule has 3 amide bonds. The van der Waals surface area contributed by atoms with Crippen molar-refractivity contribution in [2.24, 2.45) is 0 Å². The highest BCUT2D eigenvalue weighted by Crippen LogP contribution is 2.32. The first-order chi connectivity index (χ1) is 13.0. The van der Waals surface area contributed by atoms with E-state index in [1.54, 1.807) is 36.4 Å². The number of benzene rings is 2. The molecule has 138 valence electrons. The summed E-state index contributed by atoms with van der Waals surface area (Å²) in [7, 11) is 0. The second kappa shape index (κ2) is 8.05. The summed E-state index contributed by atoms with van der Waals surface area (Å²) in [4.78, 5) is 35.9. The van der Waals surface area contributed by atoms with Gasteiger partial charge in [0.1, 0.15) is 5.70 Å². The lowest BCUT2D eigenvalue weighted by Crippen LogP contribution is -2.44. The standard InChI is InChI=1S/C19H17N3O5/c1-12(23)20-15(9-13-5-3-2-4-6-13)19(25)22-21-18(24)14-7-8-16-17(10-14)27-11-26-16/h2-10H,11H2,1H3,(H,20,23)(H,21,24)(H,22,25)/b15-9-. The molecule has 8 heteroatoms. The smallest absolute Gasteiger partial charge is 0.286 e. The lowest BCUT2D eigenvalue weighted by molar-refractivity contribution is -0.122. The number of carbonyl (C=O) groups is 3. The molecule has 2 aromatic rings. The third-order valence-corrected chi connectivity index (χ3v) is 3.59. The van der Waals surface area contributed by atoms with Crippen molar-refractivity contribution in [3.63, 3.8) is 0 Å². The van der Waals surface area contributed by atoms with E-state index in [0.717, 1.165) is 5.56 Å². The van der Waals surface area contributed by atoms with Crippen molar-refractivity contribution < 1.29 is 23.9 Å². The van der Waals surface area contributed by atoms with Gasteiger partial charge in [0.2, 0.25) is 12.7 Å². The lowest BCUT2D eigenvalue weighted by atomic mass is 10.2. The molecular weight excluding hydrogens is 350 g/mol. The van der Waals surface area contributed by atoms with E-state index in [1.807, 2.05) is 6.07 Å². The molecule has 3 N–H and O–H groups in total. The van der Waals surface area contributed by atoms with E-state index in [-0.39, 0.29) is 18.1 Å². The van der Waals surface area contributed by atoms with Gasteiger partial charge >= 0.3 is 0 Å². The van der Waals surface area contributed by atoms with Crippen LogP contribution in [-0.2, 0) is 9.59 Å². The Morgan fingerprint density at radius 2 is 1.70 bits per heavy atom. The van der Waals surface area contributed by atoms with Crippen LogP contribution in [0.1, 0.15) is 22.8 Å². The van der Waals surface area contributed by atoms with Crippen molar-refractivity contribution in [2.75, 3.05) is 6.79 Å². The molecule has 0 atom stereocenters. The molecule has 0 fully saturated rings. The number of nitrogens with one attached hydrogen (secondary N) is 3. The molecule has 0 unspecified atom stereocenters. The van der Waals surface area contributed by atoms with Crippen molar-refractivity contribution in [2.45, 2.75) is 6.92 Å². The fourth-order valence-electron chi connectivity index (χ4n) is 2.35. The minimum absolute atomic E-state index is 0.000290. The fourth-order valence-corrected chi connectivity index (χ4v) is 2.35. The van der Waals surface area contributed by atoms with Crippen molar-refractivity contribution >= 4 is 23.8 Å². The molecule has 0 bridgehead atoms. The lowest BCUT2D eigenvalue weighted by Gasteiger charge is -2.11. The molecule has 0 saturated heterocycles. The normalized spacial score (nSPS) is 12.3. The molecule has 0 aliphatic carbocycles. The van der Waals surface area contributed by atoms with E-state index in [4.69, 9.17) is 9.47 Å². The average Bonchev–Trinajstić information content (AvgIpc) is 3.13. The molecule has 2 aromatic carbocycles. The van der Waals surface area contributed by atoms with Crippen LogP contribution in [0.5, 0.6) is 11.5 Å². The second-order valence-electron chi connectivity index (χ2n) is 5.63. The number of hydrogen-bond acceptors (Lipinski definition) is 5. The molecule has 27 heavy (non-hydrogen) atoms. The SMILES string of the molecule is CC(=O)N/C(=C\c1ccccc1)C(=O)NNC(=O)c1ccc2c(c1)OCO2. The highest BCUT2D eigenvalue weighted by Gasteiger charge is 2.17. The van der Waals surface area contributed by atoms with E-state index in [2.05, 4.69) is 16.2 Å². The van der Waals surface area contributed by atoms with Crippen LogP contribution in [0.2, 0.25) is 0 Å². The molecule has 0 saturated carbocycles. The summed E-state index contributed by atoms with van der Waals surface area (Å²) < 4.78 is 10.4. The summed E-state index contributed by atoms with van der Waals surface area (Å²) in [5.41, 5.74) is 5.59. The van der Waals surface area contributed by atoms with Gasteiger partial charge in [-0.05, 0) is 29.8 Å². The number of carbonyl (C=O) groups excluding carboxylic acids is 3. The van der Waals surface area contributed by atoms with Gasteiger partial charge in [-0.25, -0.2) is 0 Å². The van der Waals surface area contributed by atoms with Crippen LogP contribution in [-0.4, -0.2) is 24.5 Å². The molecule has 0 spiro atoms. The molecule has 0 radical (unpaired) electrons. The Morgan fingerprint density at radius 1 is 0.963 bits per heavy atom. The van der Waals surface area contributed by atoms with Gasteiger partial charge in [-0.3, -0.25) is 25.2 Å². The first-order valence-electron chi connectivity index (χ1n) is 8.07. The summed E-state index contributed by atoms with van der Waals surface area (Å²) in [6.45, 7) is 1.39. The third kappa shape index (κ3) is 4.63. The topological polar surface area (TPSA) is 106 Å². The Balaban J connectivity index is 1.67. The maximum atomic E-state index is 12.4. The predicted octanol–water partition coefficient (Wildman–Crippen LogP) is 1.35.